The fourth-order valence-corrected chi connectivity index (χ4v) is 2.52. The zero-order valence-corrected chi connectivity index (χ0v) is 16.8. The van der Waals surface area contributed by atoms with E-state index in [1.165, 1.54) is 32.4 Å². The van der Waals surface area contributed by atoms with Gasteiger partial charge in [0.2, 0.25) is 5.82 Å². The molecule has 0 saturated carbocycles. The summed E-state index contributed by atoms with van der Waals surface area (Å²) in [5.41, 5.74) is 0.0936. The Bertz CT molecular complexity index is 1230. The number of hydrogen-bond donors (Lipinski definition) is 1. The third-order valence-corrected chi connectivity index (χ3v) is 3.93. The van der Waals surface area contributed by atoms with Gasteiger partial charge in [0.05, 0.1) is 17.2 Å². The second-order valence-electron chi connectivity index (χ2n) is 5.98. The minimum atomic E-state index is -1.09. The van der Waals surface area contributed by atoms with E-state index < -0.39 is 29.3 Å². The summed E-state index contributed by atoms with van der Waals surface area (Å²) >= 11 is 0. The lowest BCUT2D eigenvalue weighted by molar-refractivity contribution is -0.114. The van der Waals surface area contributed by atoms with Gasteiger partial charge in [-0.1, -0.05) is 11.2 Å². The van der Waals surface area contributed by atoms with E-state index in [9.17, 15) is 13.6 Å². The van der Waals surface area contributed by atoms with Gasteiger partial charge in [0, 0.05) is 13.1 Å². The lowest BCUT2D eigenvalue weighted by Crippen LogP contribution is -2.29. The van der Waals surface area contributed by atoms with E-state index in [1.54, 1.807) is 12.1 Å². The predicted octanol–water partition coefficient (Wildman–Crippen LogP) is 3.31. The van der Waals surface area contributed by atoms with E-state index >= 15 is 0 Å². The smallest absolute Gasteiger partial charge is 0.273 e. The molecule has 0 spiro atoms. The summed E-state index contributed by atoms with van der Waals surface area (Å²) in [6.07, 6.45) is 0.976. The number of nitrogens with one attached hydrogen (secondary N) is 1. The van der Waals surface area contributed by atoms with Gasteiger partial charge in [-0.15, -0.1) is 0 Å². The molecular weight excluding hydrogens is 424 g/mol. The van der Waals surface area contributed by atoms with Crippen molar-refractivity contribution in [1.29, 1.82) is 5.26 Å². The van der Waals surface area contributed by atoms with Crippen LogP contribution in [0.2, 0.25) is 0 Å². The maximum absolute atomic E-state index is 15.0. The molecule has 0 aliphatic heterocycles. The molecule has 0 unspecified atom stereocenters. The number of aromatic nitrogens is 2. The Hall–Kier alpha value is -4.59. The largest absolute Gasteiger partial charge is 0.436 e. The van der Waals surface area contributed by atoms with Crippen LogP contribution >= 0.6 is 0 Å². The number of amides is 1. The first-order valence-electron chi connectivity index (χ1n) is 8.96. The van der Waals surface area contributed by atoms with Gasteiger partial charge >= 0.3 is 0 Å². The van der Waals surface area contributed by atoms with Crippen LogP contribution in [0.25, 0.3) is 0 Å². The first-order chi connectivity index (χ1) is 15.5. The van der Waals surface area contributed by atoms with Crippen molar-refractivity contribution in [3.05, 3.63) is 71.6 Å². The fourth-order valence-electron chi connectivity index (χ4n) is 2.52. The van der Waals surface area contributed by atoms with Crippen molar-refractivity contribution in [2.75, 3.05) is 14.2 Å². The van der Waals surface area contributed by atoms with Crippen molar-refractivity contribution < 1.29 is 27.9 Å². The molecule has 162 valence electrons. The van der Waals surface area contributed by atoms with Crippen LogP contribution in [0.3, 0.4) is 0 Å². The molecule has 0 aliphatic carbocycles. The minimum absolute atomic E-state index is 0.0230. The third kappa shape index (κ3) is 4.93. The van der Waals surface area contributed by atoms with Crippen LogP contribution in [-0.2, 0) is 9.63 Å². The quantitative estimate of drug-likeness (QED) is 0.443. The van der Waals surface area contributed by atoms with Crippen LogP contribution in [-0.4, -0.2) is 35.7 Å². The predicted molar refractivity (Wildman–Crippen MR) is 107 cm³/mol. The van der Waals surface area contributed by atoms with E-state index in [0.29, 0.717) is 5.56 Å². The highest BCUT2D eigenvalue weighted by atomic mass is 19.1. The Morgan fingerprint density at radius 1 is 1.12 bits per heavy atom. The molecule has 3 aromatic rings. The summed E-state index contributed by atoms with van der Waals surface area (Å²) < 4.78 is 39.7. The molecule has 1 aromatic heterocycles. The number of rotatable bonds is 7. The number of benzene rings is 2. The summed E-state index contributed by atoms with van der Waals surface area (Å²) in [5.74, 6) is -3.61. The number of nitriles is 1. The summed E-state index contributed by atoms with van der Waals surface area (Å²) in [4.78, 5) is 24.3. The Kier molecular flexibility index (Phi) is 6.87. The first kappa shape index (κ1) is 22.1. The lowest BCUT2D eigenvalue weighted by Gasteiger charge is -2.13. The Labute approximate surface area is 180 Å². The minimum Gasteiger partial charge on any atom is -0.436 e. The Morgan fingerprint density at radius 2 is 1.88 bits per heavy atom. The van der Waals surface area contributed by atoms with E-state index in [-0.39, 0.29) is 22.8 Å². The van der Waals surface area contributed by atoms with E-state index in [4.69, 9.17) is 14.7 Å². The molecule has 32 heavy (non-hydrogen) atoms. The number of carbonyl (C=O) groups excluding carboxylic acids is 1. The van der Waals surface area contributed by atoms with Crippen LogP contribution in [0.4, 0.5) is 8.78 Å². The zero-order valence-electron chi connectivity index (χ0n) is 16.8. The number of ether oxygens (including phenoxy) is 2. The van der Waals surface area contributed by atoms with Crippen molar-refractivity contribution in [2.24, 2.45) is 5.16 Å². The van der Waals surface area contributed by atoms with Gasteiger partial charge in [0.15, 0.2) is 5.71 Å². The Balaban J connectivity index is 1.98. The summed E-state index contributed by atoms with van der Waals surface area (Å²) in [5, 5.41) is 15.0. The Morgan fingerprint density at radius 3 is 2.56 bits per heavy atom. The highest BCUT2D eigenvalue weighted by Gasteiger charge is 2.22. The van der Waals surface area contributed by atoms with Gasteiger partial charge < -0.3 is 19.6 Å². The van der Waals surface area contributed by atoms with E-state index in [2.05, 4.69) is 25.3 Å². The summed E-state index contributed by atoms with van der Waals surface area (Å²) in [7, 11) is 2.59. The van der Waals surface area contributed by atoms with Gasteiger partial charge in [-0.05, 0) is 30.3 Å². The molecule has 1 amide bonds. The van der Waals surface area contributed by atoms with Gasteiger partial charge in [0.1, 0.15) is 30.8 Å². The second kappa shape index (κ2) is 9.94. The number of halogens is 2. The fraction of sp³-hybridized carbons (Fsp3) is 0.0952. The maximum atomic E-state index is 15.0. The zero-order chi connectivity index (χ0) is 23.1. The molecule has 0 atom stereocenters. The SMILES string of the molecule is CNC(=O)C(=NOC)c1ccc(F)cc1Oc1ncnc(Oc2cccc(C#N)c2)c1F. The molecule has 1 heterocycles. The molecule has 0 radical (unpaired) electrons. The standard InChI is InChI=1S/C21H15F2N5O4/c1-25-19(29)18(28-30-2)15-7-6-13(22)9-16(15)32-21-17(23)20(26-11-27-21)31-14-5-3-4-12(8-14)10-24/h3-9,11H,1-2H3,(H,25,29). The molecule has 0 bridgehead atoms. The number of hydrogen-bond acceptors (Lipinski definition) is 8. The van der Waals surface area contributed by atoms with Crippen LogP contribution < -0.4 is 14.8 Å². The summed E-state index contributed by atoms with van der Waals surface area (Å²) in [6, 6.07) is 11.2. The van der Waals surface area contributed by atoms with Crippen molar-refractivity contribution >= 4 is 11.6 Å². The molecule has 2 aromatic carbocycles. The van der Waals surface area contributed by atoms with Crippen molar-refractivity contribution in [3.8, 4) is 29.3 Å². The maximum Gasteiger partial charge on any atom is 0.273 e. The van der Waals surface area contributed by atoms with Crippen LogP contribution in [0.1, 0.15) is 11.1 Å². The summed E-state index contributed by atoms with van der Waals surface area (Å²) in [6.45, 7) is 0. The number of carbonyl (C=O) groups is 1. The van der Waals surface area contributed by atoms with Gasteiger partial charge in [-0.2, -0.15) is 19.6 Å². The molecule has 1 N–H and O–H groups in total. The number of nitrogens with zero attached hydrogens (tertiary/aromatic N) is 4. The van der Waals surface area contributed by atoms with Gasteiger partial charge in [0.25, 0.3) is 17.7 Å². The molecule has 0 saturated heterocycles. The molecule has 0 aliphatic rings. The molecule has 9 nitrogen and oxygen atoms in total. The first-order valence-corrected chi connectivity index (χ1v) is 8.96. The normalized spacial score (nSPS) is 10.8. The molecule has 3 rings (SSSR count). The van der Waals surface area contributed by atoms with Crippen molar-refractivity contribution in [1.82, 2.24) is 15.3 Å². The van der Waals surface area contributed by atoms with E-state index in [1.807, 2.05) is 6.07 Å². The number of likely N-dealkylation sites (N-methyl/N-ethyl adjacent to an activating group) is 1. The number of oxime groups is 1. The molecule has 0 fully saturated rings. The van der Waals surface area contributed by atoms with Crippen LogP contribution in [0.5, 0.6) is 23.3 Å². The van der Waals surface area contributed by atoms with Crippen LogP contribution in [0.15, 0.2) is 53.9 Å². The average Bonchev–Trinajstić information content (AvgIpc) is 2.80. The van der Waals surface area contributed by atoms with Crippen molar-refractivity contribution in [2.45, 2.75) is 0 Å². The monoisotopic (exact) mass is 439 g/mol. The van der Waals surface area contributed by atoms with E-state index in [0.717, 1.165) is 18.5 Å². The highest BCUT2D eigenvalue weighted by molar-refractivity contribution is 6.45. The highest BCUT2D eigenvalue weighted by Crippen LogP contribution is 2.32. The average molecular weight is 439 g/mol. The second-order valence-corrected chi connectivity index (χ2v) is 5.98. The van der Waals surface area contributed by atoms with Crippen LogP contribution in [0, 0.1) is 23.0 Å². The molecular formula is C21H15F2N5O4. The third-order valence-electron chi connectivity index (χ3n) is 3.93. The van der Waals surface area contributed by atoms with Gasteiger partial charge in [-0.3, -0.25) is 4.79 Å². The molecule has 11 heteroatoms. The van der Waals surface area contributed by atoms with Crippen molar-refractivity contribution in [3.63, 3.8) is 0 Å². The topological polar surface area (TPSA) is 119 Å². The van der Waals surface area contributed by atoms with Gasteiger partial charge in [-0.25, -0.2) is 4.39 Å². The lowest BCUT2D eigenvalue weighted by atomic mass is 10.1.